The first-order chi connectivity index (χ1) is 22.7. The molecule has 3 fully saturated rings. The smallest absolute Gasteiger partial charge is 0.258 e. The molecule has 1 spiro atoms. The minimum Gasteiger partial charge on any atom is -0.453 e. The van der Waals surface area contributed by atoms with E-state index in [1.165, 1.54) is 63.6 Å². The van der Waals surface area contributed by atoms with Crippen molar-refractivity contribution >= 4 is 11.9 Å². The first-order valence-corrected chi connectivity index (χ1v) is 17.6. The Bertz CT molecular complexity index is 1480. The molecule has 2 aliphatic carbocycles. The molecule has 3 aromatic rings. The van der Waals surface area contributed by atoms with Crippen LogP contribution in [0.5, 0.6) is 11.5 Å². The number of carbonyl (C=O) groups is 1. The number of benzene rings is 1. The fraction of sp³-hybridized carbons (Fsp3) is 0.595. The Kier molecular flexibility index (Phi) is 10.3. The van der Waals surface area contributed by atoms with Gasteiger partial charge in [0.15, 0.2) is 5.75 Å². The van der Waals surface area contributed by atoms with Gasteiger partial charge in [-0.25, -0.2) is 24.3 Å². The van der Waals surface area contributed by atoms with E-state index < -0.39 is 5.82 Å². The summed E-state index contributed by atoms with van der Waals surface area (Å²) in [4.78, 5) is 35.7. The Labute approximate surface area is 278 Å². The topological polar surface area (TPSA) is 96.4 Å². The van der Waals surface area contributed by atoms with Crippen LogP contribution in [0, 0.1) is 17.2 Å². The van der Waals surface area contributed by atoms with Gasteiger partial charge in [0.1, 0.15) is 17.9 Å². The largest absolute Gasteiger partial charge is 0.453 e. The van der Waals surface area contributed by atoms with Crippen molar-refractivity contribution in [2.45, 2.75) is 110 Å². The lowest BCUT2D eigenvalue weighted by molar-refractivity contribution is 0.0640. The lowest BCUT2D eigenvalue weighted by Gasteiger charge is -2.41. The third kappa shape index (κ3) is 7.91. The van der Waals surface area contributed by atoms with Gasteiger partial charge in [-0.1, -0.05) is 0 Å². The number of ether oxygens (including phenoxy) is 1. The second-order valence-corrected chi connectivity index (χ2v) is 14.6. The highest BCUT2D eigenvalue weighted by Crippen LogP contribution is 2.53. The molecule has 1 atom stereocenters. The number of nitrogens with one attached hydrogen (secondary N) is 1. The number of anilines is 1. The summed E-state index contributed by atoms with van der Waals surface area (Å²) in [5.41, 5.74) is 1.43. The SMILES string of the molecule is CC(C)N(C(=O)c1cc(F)ccc1Oc1cncnc1C1CCC2(CCN(C[C@H]3CC[C@H](Nc4ncccn4)CC3)CC2)C1)C(C)C. The second kappa shape index (κ2) is 14.6. The van der Waals surface area contributed by atoms with Crippen LogP contribution in [0.2, 0.25) is 0 Å². The average Bonchev–Trinajstić information content (AvgIpc) is 3.47. The minimum absolute atomic E-state index is 0.0388. The molecule has 1 unspecified atom stereocenters. The van der Waals surface area contributed by atoms with Crippen LogP contribution >= 0.6 is 0 Å². The number of nitrogens with zero attached hydrogens (tertiary/aromatic N) is 6. The van der Waals surface area contributed by atoms with Gasteiger partial charge in [0.05, 0.1) is 17.5 Å². The Morgan fingerprint density at radius 3 is 2.43 bits per heavy atom. The van der Waals surface area contributed by atoms with Crippen LogP contribution in [0.25, 0.3) is 0 Å². The molecule has 2 saturated carbocycles. The summed E-state index contributed by atoms with van der Waals surface area (Å²) in [5, 5.41) is 3.51. The van der Waals surface area contributed by atoms with Crippen LogP contribution in [-0.2, 0) is 0 Å². The highest BCUT2D eigenvalue weighted by Gasteiger charge is 2.43. The number of hydrogen-bond donors (Lipinski definition) is 1. The van der Waals surface area contributed by atoms with Crippen LogP contribution in [0.1, 0.15) is 107 Å². The first-order valence-electron chi connectivity index (χ1n) is 17.6. The zero-order chi connectivity index (χ0) is 33.0. The molecule has 2 aromatic heterocycles. The van der Waals surface area contributed by atoms with Gasteiger partial charge in [-0.15, -0.1) is 0 Å². The summed E-state index contributed by atoms with van der Waals surface area (Å²) in [6, 6.07) is 6.40. The fourth-order valence-electron chi connectivity index (χ4n) is 8.31. The number of likely N-dealkylation sites (tertiary alicyclic amines) is 1. The van der Waals surface area contributed by atoms with Gasteiger partial charge in [-0.3, -0.25) is 4.79 Å². The van der Waals surface area contributed by atoms with Gasteiger partial charge in [0.2, 0.25) is 5.95 Å². The summed E-state index contributed by atoms with van der Waals surface area (Å²) >= 11 is 0. The summed E-state index contributed by atoms with van der Waals surface area (Å²) in [6.45, 7) is 11.4. The number of piperidine rings is 1. The van der Waals surface area contributed by atoms with E-state index in [9.17, 15) is 9.18 Å². The predicted octanol–water partition coefficient (Wildman–Crippen LogP) is 7.48. The molecule has 1 saturated heterocycles. The molecule has 47 heavy (non-hydrogen) atoms. The number of hydrogen-bond acceptors (Lipinski definition) is 8. The van der Waals surface area contributed by atoms with Crippen LogP contribution in [0.15, 0.2) is 49.2 Å². The van der Waals surface area contributed by atoms with E-state index in [2.05, 4.69) is 25.2 Å². The fourth-order valence-corrected chi connectivity index (χ4v) is 8.31. The molecule has 0 bridgehead atoms. The van der Waals surface area contributed by atoms with E-state index in [0.29, 0.717) is 23.0 Å². The van der Waals surface area contributed by atoms with Gasteiger partial charge >= 0.3 is 0 Å². The van der Waals surface area contributed by atoms with Crippen LogP contribution in [-0.4, -0.2) is 73.4 Å². The highest BCUT2D eigenvalue weighted by molar-refractivity contribution is 5.97. The van der Waals surface area contributed by atoms with E-state index in [-0.39, 0.29) is 29.5 Å². The van der Waals surface area contributed by atoms with Gasteiger partial charge in [0, 0.05) is 43.0 Å². The third-order valence-electron chi connectivity index (χ3n) is 10.7. The minimum atomic E-state index is -0.468. The monoisotopic (exact) mass is 643 g/mol. The third-order valence-corrected chi connectivity index (χ3v) is 10.7. The van der Waals surface area contributed by atoms with E-state index in [1.807, 2.05) is 33.8 Å². The molecule has 10 heteroatoms. The van der Waals surface area contributed by atoms with Crippen molar-refractivity contribution in [1.29, 1.82) is 0 Å². The molecule has 1 N–H and O–H groups in total. The molecule has 1 aliphatic heterocycles. The number of amides is 1. The summed E-state index contributed by atoms with van der Waals surface area (Å²) < 4.78 is 20.8. The Morgan fingerprint density at radius 2 is 1.72 bits per heavy atom. The van der Waals surface area contributed by atoms with Crippen molar-refractivity contribution in [2.75, 3.05) is 25.0 Å². The molecule has 1 aromatic carbocycles. The number of halogens is 1. The zero-order valence-electron chi connectivity index (χ0n) is 28.4. The van der Waals surface area contributed by atoms with E-state index in [0.717, 1.165) is 43.5 Å². The standard InChI is InChI=1S/C37H50FN7O2/c1-25(2)45(26(3)4)35(46)31-20-29(38)8-11-32(31)47-33-22-39-24-42-34(33)28-12-13-37(21-28)14-18-44(19-15-37)23-27-6-9-30(10-7-27)43-36-40-16-5-17-41-36/h5,8,11,16-17,20,22,24-28,30H,6-7,9-10,12-15,18-19,21,23H2,1-4H3,(H,40,41,43)/t27-,28?,30-. The van der Waals surface area contributed by atoms with Gasteiger partial charge < -0.3 is 19.9 Å². The maximum absolute atomic E-state index is 14.4. The van der Waals surface area contributed by atoms with Crippen LogP contribution < -0.4 is 10.1 Å². The van der Waals surface area contributed by atoms with Crippen molar-refractivity contribution < 1.29 is 13.9 Å². The van der Waals surface area contributed by atoms with Crippen molar-refractivity contribution in [3.63, 3.8) is 0 Å². The van der Waals surface area contributed by atoms with Crippen LogP contribution in [0.3, 0.4) is 0 Å². The summed E-state index contributed by atoms with van der Waals surface area (Å²) in [5.74, 6) is 1.93. The zero-order valence-corrected chi connectivity index (χ0v) is 28.4. The second-order valence-electron chi connectivity index (χ2n) is 14.6. The molecule has 0 radical (unpaired) electrons. The quantitative estimate of drug-likeness (QED) is 0.243. The Balaban J connectivity index is 1.05. The molecule has 252 valence electrons. The van der Waals surface area contributed by atoms with Crippen molar-refractivity contribution in [3.8, 4) is 11.5 Å². The molecular formula is C37H50FN7O2. The molecule has 6 rings (SSSR count). The van der Waals surface area contributed by atoms with Crippen molar-refractivity contribution in [1.82, 2.24) is 29.7 Å². The van der Waals surface area contributed by atoms with E-state index in [1.54, 1.807) is 35.9 Å². The number of rotatable bonds is 10. The van der Waals surface area contributed by atoms with Gasteiger partial charge in [-0.2, -0.15) is 0 Å². The van der Waals surface area contributed by atoms with Crippen LogP contribution in [0.4, 0.5) is 10.3 Å². The predicted molar refractivity (Wildman–Crippen MR) is 181 cm³/mol. The maximum atomic E-state index is 14.4. The molecule has 1 amide bonds. The van der Waals surface area contributed by atoms with E-state index >= 15 is 0 Å². The van der Waals surface area contributed by atoms with Crippen molar-refractivity contribution in [3.05, 3.63) is 66.3 Å². The molecule has 9 nitrogen and oxygen atoms in total. The lowest BCUT2D eigenvalue weighted by Crippen LogP contribution is -2.42. The molecular weight excluding hydrogens is 593 g/mol. The van der Waals surface area contributed by atoms with Gasteiger partial charge in [-0.05, 0) is 134 Å². The Hall–Kier alpha value is -3.66. The first kappa shape index (κ1) is 33.2. The Morgan fingerprint density at radius 1 is 1.00 bits per heavy atom. The van der Waals surface area contributed by atoms with Gasteiger partial charge in [0.25, 0.3) is 5.91 Å². The van der Waals surface area contributed by atoms with E-state index in [4.69, 9.17) is 9.72 Å². The highest BCUT2D eigenvalue weighted by atomic mass is 19.1. The summed E-state index contributed by atoms with van der Waals surface area (Å²) in [7, 11) is 0. The lowest BCUT2D eigenvalue weighted by atomic mass is 9.75. The molecule has 3 heterocycles. The molecule has 3 aliphatic rings. The average molecular weight is 644 g/mol. The summed E-state index contributed by atoms with van der Waals surface area (Å²) in [6.07, 6.45) is 17.4. The number of carbonyl (C=O) groups excluding carboxylic acids is 1. The van der Waals surface area contributed by atoms with Crippen molar-refractivity contribution in [2.24, 2.45) is 11.3 Å². The maximum Gasteiger partial charge on any atom is 0.258 e. The number of aromatic nitrogens is 4. The normalized spacial score (nSPS) is 22.9.